The zero-order chi connectivity index (χ0) is 13.2. The molecule has 1 aromatic carbocycles. The van der Waals surface area contributed by atoms with Crippen LogP contribution in [0.5, 0.6) is 0 Å². The van der Waals surface area contributed by atoms with Crippen LogP contribution in [0.3, 0.4) is 0 Å². The number of rotatable bonds is 3. The Hall–Kier alpha value is -0.810. The lowest BCUT2D eigenvalue weighted by Crippen LogP contribution is -2.15. The van der Waals surface area contributed by atoms with Crippen molar-refractivity contribution in [1.82, 2.24) is 0 Å². The van der Waals surface area contributed by atoms with Gasteiger partial charge in [-0.05, 0) is 30.0 Å². The Morgan fingerprint density at radius 2 is 1.78 bits per heavy atom. The molecule has 0 fully saturated rings. The predicted octanol–water partition coefficient (Wildman–Crippen LogP) is 4.31. The molecule has 0 aromatic heterocycles. The molecule has 18 heavy (non-hydrogen) atoms. The van der Waals surface area contributed by atoms with Crippen LogP contribution < -0.4 is 5.73 Å². The number of hydrogen-bond donors (Lipinski definition) is 1. The third kappa shape index (κ3) is 4.46. The average Bonchev–Trinajstić information content (AvgIpc) is 2.14. The second kappa shape index (κ2) is 6.38. The first-order chi connectivity index (χ1) is 7.71. The molecule has 1 aromatic rings. The van der Waals surface area contributed by atoms with Gasteiger partial charge in [0.2, 0.25) is 0 Å². The van der Waals surface area contributed by atoms with Gasteiger partial charge in [0.05, 0.1) is 5.56 Å². The topological polar surface area (TPSA) is 26.0 Å². The molecule has 0 bridgehead atoms. The highest BCUT2D eigenvalue weighted by Crippen LogP contribution is 2.32. The van der Waals surface area contributed by atoms with Crippen LogP contribution in [-0.2, 0) is 6.18 Å². The van der Waals surface area contributed by atoms with Crippen LogP contribution in [0, 0.1) is 11.7 Å². The van der Waals surface area contributed by atoms with Gasteiger partial charge in [-0.2, -0.15) is 13.2 Å². The molecule has 0 heterocycles. The van der Waals surface area contributed by atoms with Crippen LogP contribution in [0.25, 0.3) is 0 Å². The van der Waals surface area contributed by atoms with Crippen LogP contribution >= 0.6 is 12.4 Å². The molecule has 2 N–H and O–H groups in total. The fourth-order valence-corrected chi connectivity index (χ4v) is 1.64. The summed E-state index contributed by atoms with van der Waals surface area (Å²) in [7, 11) is 0. The Bertz CT molecular complexity index is 390. The minimum absolute atomic E-state index is 0. The summed E-state index contributed by atoms with van der Waals surface area (Å²) < 4.78 is 50.2. The normalized spacial score (nSPS) is 13.3. The van der Waals surface area contributed by atoms with Crippen LogP contribution in [0.2, 0.25) is 0 Å². The van der Waals surface area contributed by atoms with Gasteiger partial charge < -0.3 is 5.73 Å². The minimum Gasteiger partial charge on any atom is -0.324 e. The maximum atomic E-state index is 13.3. The number of nitrogens with two attached hydrogens (primary N) is 1. The summed E-state index contributed by atoms with van der Waals surface area (Å²) in [5.41, 5.74) is 4.92. The second-order valence-electron chi connectivity index (χ2n) is 4.47. The van der Waals surface area contributed by atoms with E-state index in [1.165, 1.54) is 6.07 Å². The van der Waals surface area contributed by atoms with Crippen molar-refractivity contribution in [3.63, 3.8) is 0 Å². The van der Waals surface area contributed by atoms with Crippen molar-refractivity contribution in [3.05, 3.63) is 35.1 Å². The number of alkyl halides is 3. The van der Waals surface area contributed by atoms with Gasteiger partial charge in [0.1, 0.15) is 5.82 Å². The summed E-state index contributed by atoms with van der Waals surface area (Å²) in [6.07, 6.45) is -4.06. The smallest absolute Gasteiger partial charge is 0.324 e. The van der Waals surface area contributed by atoms with E-state index in [2.05, 4.69) is 0 Å². The zero-order valence-electron chi connectivity index (χ0n) is 10.1. The van der Waals surface area contributed by atoms with Crippen molar-refractivity contribution in [1.29, 1.82) is 0 Å². The molecule has 0 amide bonds. The zero-order valence-corrected chi connectivity index (χ0v) is 10.9. The van der Waals surface area contributed by atoms with Gasteiger partial charge >= 0.3 is 6.18 Å². The maximum absolute atomic E-state index is 13.3. The molecule has 0 saturated heterocycles. The summed E-state index contributed by atoms with van der Waals surface area (Å²) in [5.74, 6) is -0.968. The Labute approximate surface area is 110 Å². The van der Waals surface area contributed by atoms with Gasteiger partial charge in [0.25, 0.3) is 0 Å². The lowest BCUT2D eigenvalue weighted by Gasteiger charge is -2.16. The molecule has 1 atom stereocenters. The summed E-state index contributed by atoms with van der Waals surface area (Å²) in [4.78, 5) is 0. The van der Waals surface area contributed by atoms with Crippen molar-refractivity contribution < 1.29 is 17.6 Å². The molecular weight excluding hydrogens is 270 g/mol. The van der Waals surface area contributed by atoms with E-state index in [0.29, 0.717) is 17.9 Å². The van der Waals surface area contributed by atoms with Crippen LogP contribution in [0.4, 0.5) is 17.6 Å². The first-order valence-corrected chi connectivity index (χ1v) is 5.34. The fourth-order valence-electron chi connectivity index (χ4n) is 1.64. The van der Waals surface area contributed by atoms with Crippen molar-refractivity contribution in [3.8, 4) is 0 Å². The van der Waals surface area contributed by atoms with Crippen LogP contribution in [-0.4, -0.2) is 0 Å². The quantitative estimate of drug-likeness (QED) is 0.823. The van der Waals surface area contributed by atoms with E-state index in [0.717, 1.165) is 12.1 Å². The van der Waals surface area contributed by atoms with E-state index in [9.17, 15) is 17.6 Å². The Balaban J connectivity index is 0.00000289. The number of halogens is 5. The molecule has 0 aliphatic heterocycles. The van der Waals surface area contributed by atoms with E-state index in [4.69, 9.17) is 5.73 Å². The van der Waals surface area contributed by atoms with Gasteiger partial charge in [-0.1, -0.05) is 19.9 Å². The Kier molecular flexibility index (Phi) is 6.10. The number of benzene rings is 1. The van der Waals surface area contributed by atoms with Crippen molar-refractivity contribution in [2.45, 2.75) is 32.5 Å². The third-order valence-corrected chi connectivity index (χ3v) is 2.45. The lowest BCUT2D eigenvalue weighted by atomic mass is 9.97. The molecule has 1 rings (SSSR count). The first kappa shape index (κ1) is 17.2. The van der Waals surface area contributed by atoms with E-state index in [-0.39, 0.29) is 12.4 Å². The molecule has 104 valence electrons. The largest absolute Gasteiger partial charge is 0.419 e. The summed E-state index contributed by atoms with van der Waals surface area (Å²) >= 11 is 0. The van der Waals surface area contributed by atoms with E-state index < -0.39 is 23.6 Å². The van der Waals surface area contributed by atoms with Gasteiger partial charge in [-0.25, -0.2) is 4.39 Å². The van der Waals surface area contributed by atoms with Crippen molar-refractivity contribution in [2.75, 3.05) is 0 Å². The second-order valence-corrected chi connectivity index (χ2v) is 4.47. The van der Waals surface area contributed by atoms with Crippen molar-refractivity contribution >= 4 is 12.4 Å². The predicted molar refractivity (Wildman–Crippen MR) is 65.0 cm³/mol. The van der Waals surface area contributed by atoms with Crippen molar-refractivity contribution in [2.24, 2.45) is 11.7 Å². The van der Waals surface area contributed by atoms with E-state index in [1.807, 2.05) is 13.8 Å². The van der Waals surface area contributed by atoms with Crippen LogP contribution in [0.15, 0.2) is 18.2 Å². The average molecular weight is 286 g/mol. The Morgan fingerprint density at radius 3 is 2.17 bits per heavy atom. The van der Waals surface area contributed by atoms with Gasteiger partial charge in [-0.15, -0.1) is 12.4 Å². The molecular formula is C12H16ClF4N. The van der Waals surface area contributed by atoms with Gasteiger partial charge in [0.15, 0.2) is 0 Å². The molecule has 1 nitrogen and oxygen atoms in total. The molecule has 1 unspecified atom stereocenters. The van der Waals surface area contributed by atoms with E-state index >= 15 is 0 Å². The maximum Gasteiger partial charge on any atom is 0.419 e. The standard InChI is InChI=1S/C12H15F4N.ClH/c1-7(2)5-11(17)8-3-4-9(10(13)6-8)12(14,15)16;/h3-4,6-7,11H,5,17H2,1-2H3;1H. The highest BCUT2D eigenvalue weighted by atomic mass is 35.5. The molecule has 6 heteroatoms. The lowest BCUT2D eigenvalue weighted by molar-refractivity contribution is -0.140. The molecule has 0 radical (unpaired) electrons. The van der Waals surface area contributed by atoms with Crippen LogP contribution in [0.1, 0.15) is 37.4 Å². The SMILES string of the molecule is CC(C)CC(N)c1ccc(C(F)(F)F)c(F)c1.Cl. The number of hydrogen-bond acceptors (Lipinski definition) is 1. The molecule has 0 aliphatic rings. The monoisotopic (exact) mass is 285 g/mol. The molecule has 0 spiro atoms. The third-order valence-electron chi connectivity index (χ3n) is 2.45. The first-order valence-electron chi connectivity index (χ1n) is 5.34. The van der Waals surface area contributed by atoms with Gasteiger partial charge in [0, 0.05) is 6.04 Å². The summed E-state index contributed by atoms with van der Waals surface area (Å²) in [6.45, 7) is 3.89. The highest BCUT2D eigenvalue weighted by molar-refractivity contribution is 5.85. The molecule has 0 saturated carbocycles. The molecule has 0 aliphatic carbocycles. The summed E-state index contributed by atoms with van der Waals surface area (Å²) in [5, 5.41) is 0. The van der Waals surface area contributed by atoms with Gasteiger partial charge in [-0.3, -0.25) is 0 Å². The minimum atomic E-state index is -4.66. The highest BCUT2D eigenvalue weighted by Gasteiger charge is 2.34. The van der Waals surface area contributed by atoms with E-state index in [1.54, 1.807) is 0 Å². The Morgan fingerprint density at radius 1 is 1.22 bits per heavy atom. The summed E-state index contributed by atoms with van der Waals surface area (Å²) in [6, 6.07) is 2.41. The fraction of sp³-hybridized carbons (Fsp3) is 0.500.